The number of aromatic nitrogens is 2. The molecule has 7 heteroatoms. The number of nitrogens with zero attached hydrogens (tertiary/aromatic N) is 1. The molecule has 0 fully saturated rings. The van der Waals surface area contributed by atoms with E-state index in [1.54, 1.807) is 7.11 Å². The van der Waals surface area contributed by atoms with Gasteiger partial charge in [-0.25, -0.2) is 0 Å². The number of H-pyrrole nitrogens is 2. The minimum absolute atomic E-state index is 0.637. The lowest BCUT2D eigenvalue weighted by Gasteiger charge is -2.34. The smallest absolute Gasteiger partial charge is 0.197 e. The number of allylic oxidation sites excluding steroid dienone is 1. The zero-order valence-corrected chi connectivity index (χ0v) is 18.3. The first kappa shape index (κ1) is 20.2. The zero-order chi connectivity index (χ0) is 22.1. The highest BCUT2D eigenvalue weighted by molar-refractivity contribution is 5.85. The second kappa shape index (κ2) is 8.09. The maximum absolute atomic E-state index is 6.73. The van der Waals surface area contributed by atoms with Gasteiger partial charge in [0.1, 0.15) is 11.4 Å². The first-order valence-electron chi connectivity index (χ1n) is 10.8. The van der Waals surface area contributed by atoms with Crippen LogP contribution in [0.5, 0.6) is 5.75 Å². The van der Waals surface area contributed by atoms with Crippen LogP contribution >= 0.6 is 0 Å². The molecule has 0 bridgehead atoms. The van der Waals surface area contributed by atoms with E-state index in [9.17, 15) is 0 Å². The lowest BCUT2D eigenvalue weighted by Crippen LogP contribution is -2.62. The Kier molecular flexibility index (Phi) is 5.11. The van der Waals surface area contributed by atoms with E-state index in [-0.39, 0.29) is 0 Å². The van der Waals surface area contributed by atoms with Crippen molar-refractivity contribution in [2.75, 3.05) is 13.7 Å². The summed E-state index contributed by atoms with van der Waals surface area (Å²) in [6.07, 6.45) is 7.49. The standard InChI is InChI=1S/C25H28N6O/c1-16-13-25(26,14-17-3-5-22-18(11-17)7-9-27-22)31-24(30-16)28-10-8-19-15-29-23-6-4-20(32-2)12-21(19)23/h3-7,9,11-13,15,27,29H,8,10,14,26H2,1-2H3,(H2,28,30,31). The second-order valence-corrected chi connectivity index (χ2v) is 8.40. The number of aliphatic imine (C=N–C) groups is 1. The topological polar surface area (TPSA) is 103 Å². The summed E-state index contributed by atoms with van der Waals surface area (Å²) in [7, 11) is 1.69. The van der Waals surface area contributed by atoms with Crippen molar-refractivity contribution < 1.29 is 4.74 Å². The minimum atomic E-state index is -0.702. The molecule has 0 radical (unpaired) electrons. The molecule has 164 valence electrons. The van der Waals surface area contributed by atoms with Gasteiger partial charge in [0, 0.05) is 47.5 Å². The number of guanidine groups is 1. The van der Waals surface area contributed by atoms with Gasteiger partial charge in [-0.1, -0.05) is 6.07 Å². The molecule has 0 saturated heterocycles. The molecule has 1 aliphatic rings. The number of nitrogens with two attached hydrogens (primary N) is 1. The van der Waals surface area contributed by atoms with Gasteiger partial charge in [0.2, 0.25) is 0 Å². The van der Waals surface area contributed by atoms with Crippen molar-refractivity contribution in [1.29, 1.82) is 0 Å². The normalized spacial score (nSPS) is 19.7. The van der Waals surface area contributed by atoms with Gasteiger partial charge in [0.25, 0.3) is 0 Å². The largest absolute Gasteiger partial charge is 0.497 e. The van der Waals surface area contributed by atoms with Gasteiger partial charge in [-0.3, -0.25) is 4.99 Å². The molecule has 6 N–H and O–H groups in total. The molecule has 7 nitrogen and oxygen atoms in total. The van der Waals surface area contributed by atoms with Crippen LogP contribution in [0.4, 0.5) is 0 Å². The van der Waals surface area contributed by atoms with Crippen molar-refractivity contribution in [3.63, 3.8) is 0 Å². The van der Waals surface area contributed by atoms with Crippen molar-refractivity contribution in [3.8, 4) is 5.75 Å². The predicted octanol–water partition coefficient (Wildman–Crippen LogP) is 3.55. The van der Waals surface area contributed by atoms with Crippen LogP contribution in [-0.4, -0.2) is 35.2 Å². The number of fused-ring (bicyclic) bond motifs is 2. The summed E-state index contributed by atoms with van der Waals surface area (Å²) in [6, 6.07) is 14.5. The summed E-state index contributed by atoms with van der Waals surface area (Å²) in [6.45, 7) is 2.65. The Balaban J connectivity index is 1.29. The average Bonchev–Trinajstić information content (AvgIpc) is 3.39. The van der Waals surface area contributed by atoms with Crippen LogP contribution in [0.25, 0.3) is 21.8 Å². The second-order valence-electron chi connectivity index (χ2n) is 8.40. The molecule has 32 heavy (non-hydrogen) atoms. The number of aromatic amines is 2. The Bertz CT molecular complexity index is 1330. The molecule has 1 atom stereocenters. The van der Waals surface area contributed by atoms with Crippen molar-refractivity contribution in [1.82, 2.24) is 20.6 Å². The maximum Gasteiger partial charge on any atom is 0.197 e. The molecule has 4 aromatic rings. The fraction of sp³-hybridized carbons (Fsp3) is 0.240. The third-order valence-corrected chi connectivity index (χ3v) is 5.88. The highest BCUT2D eigenvalue weighted by Gasteiger charge is 2.28. The zero-order valence-electron chi connectivity index (χ0n) is 18.3. The molecule has 0 amide bonds. The molecule has 2 aromatic carbocycles. The van der Waals surface area contributed by atoms with E-state index in [4.69, 9.17) is 15.5 Å². The van der Waals surface area contributed by atoms with Gasteiger partial charge >= 0.3 is 0 Å². The first-order valence-corrected chi connectivity index (χ1v) is 10.8. The van der Waals surface area contributed by atoms with Crippen molar-refractivity contribution >= 4 is 27.8 Å². The van der Waals surface area contributed by atoms with Crippen LogP contribution in [0.2, 0.25) is 0 Å². The molecular formula is C25H28N6O. The highest BCUT2D eigenvalue weighted by Crippen LogP contribution is 2.24. The van der Waals surface area contributed by atoms with Crippen molar-refractivity contribution in [2.24, 2.45) is 10.7 Å². The van der Waals surface area contributed by atoms with Crippen LogP contribution in [0.15, 0.2) is 71.6 Å². The van der Waals surface area contributed by atoms with E-state index >= 15 is 0 Å². The Labute approximate surface area is 186 Å². The monoisotopic (exact) mass is 428 g/mol. The van der Waals surface area contributed by atoms with Crippen molar-refractivity contribution in [2.45, 2.75) is 25.4 Å². The average molecular weight is 429 g/mol. The first-order chi connectivity index (χ1) is 15.5. The van der Waals surface area contributed by atoms with Crippen LogP contribution in [0.3, 0.4) is 0 Å². The fourth-order valence-electron chi connectivity index (χ4n) is 4.40. The molecule has 3 heterocycles. The van der Waals surface area contributed by atoms with E-state index in [1.807, 2.05) is 37.5 Å². The highest BCUT2D eigenvalue weighted by atomic mass is 16.5. The lowest BCUT2D eigenvalue weighted by atomic mass is 9.97. The lowest BCUT2D eigenvalue weighted by molar-refractivity contribution is 0.415. The van der Waals surface area contributed by atoms with Crippen molar-refractivity contribution in [3.05, 3.63) is 77.8 Å². The molecular weight excluding hydrogens is 400 g/mol. The number of nitrogens with one attached hydrogen (secondary N) is 4. The SMILES string of the molecule is COc1ccc2[nH]cc(CCN=C3NC(C)=CC(N)(Cc4ccc5[nH]ccc5c4)N3)c2c1. The molecule has 1 aliphatic heterocycles. The van der Waals surface area contributed by atoms with Crippen LogP contribution in [-0.2, 0) is 12.8 Å². The number of hydrogen-bond donors (Lipinski definition) is 5. The van der Waals surface area contributed by atoms with Crippen LogP contribution < -0.4 is 21.1 Å². The van der Waals surface area contributed by atoms with Gasteiger partial charge in [0.05, 0.1) is 7.11 Å². The number of benzene rings is 2. The quantitative estimate of drug-likeness (QED) is 0.324. The van der Waals surface area contributed by atoms with Gasteiger partial charge in [0.15, 0.2) is 5.96 Å². The molecule has 0 saturated carbocycles. The summed E-state index contributed by atoms with van der Waals surface area (Å²) in [4.78, 5) is 11.3. The fourth-order valence-corrected chi connectivity index (χ4v) is 4.40. The minimum Gasteiger partial charge on any atom is -0.497 e. The Hall–Kier alpha value is -3.71. The summed E-state index contributed by atoms with van der Waals surface area (Å²) in [5, 5.41) is 9.05. The number of ether oxygens (including phenoxy) is 1. The Morgan fingerprint density at radius 3 is 2.81 bits per heavy atom. The molecule has 1 unspecified atom stereocenters. The summed E-state index contributed by atoms with van der Waals surface area (Å²) in [5.74, 6) is 1.56. The predicted molar refractivity (Wildman–Crippen MR) is 130 cm³/mol. The third kappa shape index (κ3) is 4.07. The van der Waals surface area contributed by atoms with Gasteiger partial charge in [-0.05, 0) is 72.3 Å². The number of rotatable bonds is 6. The van der Waals surface area contributed by atoms with Crippen LogP contribution in [0, 0.1) is 0 Å². The van der Waals surface area contributed by atoms with Gasteiger partial charge in [-0.15, -0.1) is 0 Å². The number of methoxy groups -OCH3 is 1. The number of hydrogen-bond acceptors (Lipinski definition) is 3. The Morgan fingerprint density at radius 1 is 1.06 bits per heavy atom. The molecule has 5 rings (SSSR count). The van der Waals surface area contributed by atoms with E-state index < -0.39 is 5.66 Å². The molecule has 2 aromatic heterocycles. The Morgan fingerprint density at radius 2 is 1.94 bits per heavy atom. The van der Waals surface area contributed by atoms with E-state index in [0.717, 1.165) is 28.9 Å². The summed E-state index contributed by atoms with van der Waals surface area (Å²) in [5.41, 5.74) is 11.6. The molecule has 0 spiro atoms. The van der Waals surface area contributed by atoms with E-state index in [1.165, 1.54) is 21.9 Å². The summed E-state index contributed by atoms with van der Waals surface area (Å²) >= 11 is 0. The van der Waals surface area contributed by atoms with Crippen LogP contribution in [0.1, 0.15) is 18.1 Å². The maximum atomic E-state index is 6.73. The van der Waals surface area contributed by atoms with E-state index in [2.05, 4.69) is 50.9 Å². The molecule has 0 aliphatic carbocycles. The third-order valence-electron chi connectivity index (χ3n) is 5.88. The van der Waals surface area contributed by atoms with Gasteiger partial charge < -0.3 is 31.1 Å². The van der Waals surface area contributed by atoms with E-state index in [0.29, 0.717) is 18.9 Å². The summed E-state index contributed by atoms with van der Waals surface area (Å²) < 4.78 is 5.37. The van der Waals surface area contributed by atoms with Gasteiger partial charge in [-0.2, -0.15) is 0 Å².